The van der Waals surface area contributed by atoms with E-state index in [-0.39, 0.29) is 0 Å². The van der Waals surface area contributed by atoms with E-state index in [0.717, 1.165) is 19.0 Å². The maximum atomic E-state index is 5.33. The minimum Gasteiger partial charge on any atom is -0.478 e. The summed E-state index contributed by atoms with van der Waals surface area (Å²) in [5.41, 5.74) is 1.33. The van der Waals surface area contributed by atoms with E-state index in [1.54, 1.807) is 0 Å². The van der Waals surface area contributed by atoms with Gasteiger partial charge in [-0.05, 0) is 18.6 Å². The van der Waals surface area contributed by atoms with Gasteiger partial charge in [0.2, 0.25) is 5.88 Å². The van der Waals surface area contributed by atoms with E-state index in [1.165, 1.54) is 5.56 Å². The van der Waals surface area contributed by atoms with Crippen LogP contribution in [0.15, 0.2) is 18.3 Å². The maximum absolute atomic E-state index is 5.33. The zero-order valence-corrected chi connectivity index (χ0v) is 7.79. The summed E-state index contributed by atoms with van der Waals surface area (Å²) in [6.07, 6.45) is 1.82. The molecule has 0 aromatic carbocycles. The molecule has 1 aromatic rings. The second kappa shape index (κ2) is 3.75. The first-order chi connectivity index (χ1) is 6.40. The van der Waals surface area contributed by atoms with Crippen LogP contribution in [0.2, 0.25) is 0 Å². The van der Waals surface area contributed by atoms with Crippen molar-refractivity contribution in [2.75, 3.05) is 19.7 Å². The van der Waals surface area contributed by atoms with E-state index >= 15 is 0 Å². The highest BCUT2D eigenvalue weighted by Gasteiger charge is 2.18. The average molecular weight is 178 g/mol. The van der Waals surface area contributed by atoms with Crippen molar-refractivity contribution in [3.05, 3.63) is 23.9 Å². The SMILES string of the molecule is CCOc1cc(C2CNC2)ccn1. The largest absolute Gasteiger partial charge is 0.478 e. The van der Waals surface area contributed by atoms with Gasteiger partial charge in [0.15, 0.2) is 0 Å². The first-order valence-corrected chi connectivity index (χ1v) is 4.69. The molecule has 0 spiro atoms. The number of pyridine rings is 1. The highest BCUT2D eigenvalue weighted by atomic mass is 16.5. The summed E-state index contributed by atoms with van der Waals surface area (Å²) in [5, 5.41) is 3.25. The monoisotopic (exact) mass is 178 g/mol. The Balaban J connectivity index is 2.11. The summed E-state index contributed by atoms with van der Waals surface area (Å²) in [4.78, 5) is 4.13. The highest BCUT2D eigenvalue weighted by Crippen LogP contribution is 2.21. The zero-order chi connectivity index (χ0) is 9.10. The third-order valence-corrected chi connectivity index (χ3v) is 2.30. The topological polar surface area (TPSA) is 34.1 Å². The molecular formula is C10H14N2O. The number of nitrogens with zero attached hydrogens (tertiary/aromatic N) is 1. The van der Waals surface area contributed by atoms with Crippen LogP contribution in [0.25, 0.3) is 0 Å². The van der Waals surface area contributed by atoms with Crippen LogP contribution in [0, 0.1) is 0 Å². The number of hydrogen-bond donors (Lipinski definition) is 1. The Bertz CT molecular complexity index is 284. The highest BCUT2D eigenvalue weighted by molar-refractivity contribution is 5.26. The van der Waals surface area contributed by atoms with E-state index in [9.17, 15) is 0 Å². The molecule has 1 saturated heterocycles. The van der Waals surface area contributed by atoms with Gasteiger partial charge in [0.25, 0.3) is 0 Å². The lowest BCUT2D eigenvalue weighted by molar-refractivity contribution is 0.325. The predicted molar refractivity (Wildman–Crippen MR) is 51.0 cm³/mol. The molecule has 1 fully saturated rings. The third-order valence-electron chi connectivity index (χ3n) is 2.30. The number of ether oxygens (including phenoxy) is 1. The van der Waals surface area contributed by atoms with Gasteiger partial charge in [-0.15, -0.1) is 0 Å². The Morgan fingerprint density at radius 1 is 1.62 bits per heavy atom. The molecule has 2 heterocycles. The van der Waals surface area contributed by atoms with Crippen LogP contribution in [0.3, 0.4) is 0 Å². The second-order valence-corrected chi connectivity index (χ2v) is 3.22. The summed E-state index contributed by atoms with van der Waals surface area (Å²) < 4.78 is 5.33. The fraction of sp³-hybridized carbons (Fsp3) is 0.500. The molecule has 0 radical (unpaired) electrons. The van der Waals surface area contributed by atoms with Crippen molar-refractivity contribution in [2.45, 2.75) is 12.8 Å². The molecule has 1 N–H and O–H groups in total. The van der Waals surface area contributed by atoms with Gasteiger partial charge in [-0.25, -0.2) is 4.98 Å². The molecule has 3 nitrogen and oxygen atoms in total. The Morgan fingerprint density at radius 3 is 3.08 bits per heavy atom. The third kappa shape index (κ3) is 1.80. The summed E-state index contributed by atoms with van der Waals surface area (Å²) in [7, 11) is 0. The standard InChI is InChI=1S/C10H14N2O/c1-2-13-10-5-8(3-4-12-10)9-6-11-7-9/h3-5,9,11H,2,6-7H2,1H3. The van der Waals surface area contributed by atoms with E-state index in [4.69, 9.17) is 4.74 Å². The summed E-state index contributed by atoms with van der Waals surface area (Å²) in [6.45, 7) is 4.81. The summed E-state index contributed by atoms with van der Waals surface area (Å²) in [6, 6.07) is 4.10. The molecule has 0 atom stereocenters. The van der Waals surface area contributed by atoms with Crippen molar-refractivity contribution in [1.29, 1.82) is 0 Å². The number of rotatable bonds is 3. The lowest BCUT2D eigenvalue weighted by Gasteiger charge is -2.27. The van der Waals surface area contributed by atoms with Gasteiger partial charge in [-0.2, -0.15) is 0 Å². The number of aromatic nitrogens is 1. The van der Waals surface area contributed by atoms with Gasteiger partial charge in [-0.3, -0.25) is 0 Å². The van der Waals surface area contributed by atoms with Crippen molar-refractivity contribution in [1.82, 2.24) is 10.3 Å². The minimum atomic E-state index is 0.655. The van der Waals surface area contributed by atoms with Gasteiger partial charge in [0.1, 0.15) is 0 Å². The van der Waals surface area contributed by atoms with Crippen molar-refractivity contribution < 1.29 is 4.74 Å². The fourth-order valence-corrected chi connectivity index (χ4v) is 1.43. The van der Waals surface area contributed by atoms with Crippen LogP contribution in [0.4, 0.5) is 0 Å². The van der Waals surface area contributed by atoms with Gasteiger partial charge in [0, 0.05) is 31.3 Å². The summed E-state index contributed by atoms with van der Waals surface area (Å²) >= 11 is 0. The van der Waals surface area contributed by atoms with E-state index in [2.05, 4.69) is 16.4 Å². The minimum absolute atomic E-state index is 0.655. The average Bonchev–Trinajstić information content (AvgIpc) is 2.02. The first-order valence-electron chi connectivity index (χ1n) is 4.69. The zero-order valence-electron chi connectivity index (χ0n) is 7.79. The van der Waals surface area contributed by atoms with Gasteiger partial charge in [0.05, 0.1) is 6.61 Å². The smallest absolute Gasteiger partial charge is 0.213 e. The van der Waals surface area contributed by atoms with Gasteiger partial charge >= 0.3 is 0 Å². The first kappa shape index (κ1) is 8.51. The molecule has 13 heavy (non-hydrogen) atoms. The molecule has 3 heteroatoms. The van der Waals surface area contributed by atoms with Crippen molar-refractivity contribution >= 4 is 0 Å². The molecule has 1 aromatic heterocycles. The van der Waals surface area contributed by atoms with E-state index < -0.39 is 0 Å². The molecule has 2 rings (SSSR count). The molecule has 0 amide bonds. The van der Waals surface area contributed by atoms with Crippen molar-refractivity contribution in [3.63, 3.8) is 0 Å². The summed E-state index contributed by atoms with van der Waals surface area (Å²) in [5.74, 6) is 1.40. The molecule has 0 unspecified atom stereocenters. The van der Waals surface area contributed by atoms with Gasteiger partial charge < -0.3 is 10.1 Å². The predicted octanol–water partition coefficient (Wildman–Crippen LogP) is 1.17. The Hall–Kier alpha value is -1.09. The molecule has 70 valence electrons. The van der Waals surface area contributed by atoms with E-state index in [1.807, 2.05) is 19.2 Å². The quantitative estimate of drug-likeness (QED) is 0.754. The van der Waals surface area contributed by atoms with Crippen molar-refractivity contribution in [2.24, 2.45) is 0 Å². The van der Waals surface area contributed by atoms with E-state index in [0.29, 0.717) is 12.5 Å². The van der Waals surface area contributed by atoms with Crippen LogP contribution in [-0.2, 0) is 0 Å². The van der Waals surface area contributed by atoms with Crippen LogP contribution < -0.4 is 10.1 Å². The Labute approximate surface area is 78.1 Å². The second-order valence-electron chi connectivity index (χ2n) is 3.22. The Morgan fingerprint density at radius 2 is 2.46 bits per heavy atom. The Kier molecular flexibility index (Phi) is 2.45. The molecule has 0 bridgehead atoms. The van der Waals surface area contributed by atoms with Gasteiger partial charge in [-0.1, -0.05) is 0 Å². The molecule has 1 aliphatic heterocycles. The lowest BCUT2D eigenvalue weighted by Crippen LogP contribution is -2.39. The van der Waals surface area contributed by atoms with Crippen LogP contribution >= 0.6 is 0 Å². The van der Waals surface area contributed by atoms with Crippen LogP contribution in [0.1, 0.15) is 18.4 Å². The fourth-order valence-electron chi connectivity index (χ4n) is 1.43. The number of nitrogens with one attached hydrogen (secondary N) is 1. The molecular weight excluding hydrogens is 164 g/mol. The molecule has 0 aliphatic carbocycles. The molecule has 0 saturated carbocycles. The lowest BCUT2D eigenvalue weighted by atomic mass is 9.95. The van der Waals surface area contributed by atoms with Crippen LogP contribution in [0.5, 0.6) is 5.88 Å². The normalized spacial score (nSPS) is 16.7. The molecule has 1 aliphatic rings. The van der Waals surface area contributed by atoms with Crippen LogP contribution in [-0.4, -0.2) is 24.7 Å². The van der Waals surface area contributed by atoms with Crippen molar-refractivity contribution in [3.8, 4) is 5.88 Å². The maximum Gasteiger partial charge on any atom is 0.213 e. The number of hydrogen-bond acceptors (Lipinski definition) is 3.